The molecule has 2 aromatic carbocycles. The summed E-state index contributed by atoms with van der Waals surface area (Å²) in [5, 5.41) is 0.242. The van der Waals surface area contributed by atoms with Gasteiger partial charge in [0.15, 0.2) is 0 Å². The summed E-state index contributed by atoms with van der Waals surface area (Å²) in [4.78, 5) is 27.6. The van der Waals surface area contributed by atoms with Crippen molar-refractivity contribution in [1.29, 1.82) is 0 Å². The SMILES string of the molecule is COc1ccc(CN2CCN(Cc3c(F)cccc3Cl)C(=O)C2=O)cc1. The zero-order valence-corrected chi connectivity index (χ0v) is 15.0. The molecule has 0 saturated carbocycles. The molecular weight excluding hydrogens is 359 g/mol. The smallest absolute Gasteiger partial charge is 0.312 e. The number of rotatable bonds is 5. The van der Waals surface area contributed by atoms with Gasteiger partial charge in [0, 0.05) is 30.2 Å². The van der Waals surface area contributed by atoms with Gasteiger partial charge in [-0.1, -0.05) is 29.8 Å². The molecular formula is C19H18ClFN2O3. The summed E-state index contributed by atoms with van der Waals surface area (Å²) in [5.74, 6) is -1.01. The van der Waals surface area contributed by atoms with Crippen LogP contribution in [0.1, 0.15) is 11.1 Å². The molecule has 1 heterocycles. The van der Waals surface area contributed by atoms with Gasteiger partial charge in [-0.3, -0.25) is 9.59 Å². The van der Waals surface area contributed by atoms with E-state index in [1.54, 1.807) is 25.3 Å². The number of amides is 2. The minimum Gasteiger partial charge on any atom is -0.497 e. The van der Waals surface area contributed by atoms with Gasteiger partial charge in [0.2, 0.25) is 0 Å². The number of nitrogens with zero attached hydrogens (tertiary/aromatic N) is 2. The van der Waals surface area contributed by atoms with Crippen molar-refractivity contribution >= 4 is 23.4 Å². The highest BCUT2D eigenvalue weighted by Gasteiger charge is 2.33. The third-order valence-corrected chi connectivity index (χ3v) is 4.69. The molecule has 1 aliphatic heterocycles. The van der Waals surface area contributed by atoms with E-state index in [1.807, 2.05) is 12.1 Å². The Labute approximate surface area is 155 Å². The zero-order valence-electron chi connectivity index (χ0n) is 14.2. The standard InChI is InChI=1S/C19H18ClFN2O3/c1-26-14-7-5-13(6-8-14)11-22-9-10-23(19(25)18(22)24)12-15-16(20)3-2-4-17(15)21/h2-8H,9-12H2,1H3. The Morgan fingerprint density at radius 3 is 2.19 bits per heavy atom. The van der Waals surface area contributed by atoms with Gasteiger partial charge in [-0.25, -0.2) is 4.39 Å². The van der Waals surface area contributed by atoms with Crippen LogP contribution in [0.3, 0.4) is 0 Å². The molecule has 2 amide bonds. The van der Waals surface area contributed by atoms with Crippen molar-refractivity contribution in [3.63, 3.8) is 0 Å². The second kappa shape index (κ2) is 7.74. The maximum atomic E-state index is 13.9. The van der Waals surface area contributed by atoms with E-state index in [4.69, 9.17) is 16.3 Å². The normalized spacial score (nSPS) is 14.7. The number of benzene rings is 2. The van der Waals surface area contributed by atoms with Crippen LogP contribution in [0.25, 0.3) is 0 Å². The fourth-order valence-electron chi connectivity index (χ4n) is 2.84. The van der Waals surface area contributed by atoms with Gasteiger partial charge in [-0.2, -0.15) is 0 Å². The van der Waals surface area contributed by atoms with Crippen molar-refractivity contribution in [2.75, 3.05) is 20.2 Å². The second-order valence-electron chi connectivity index (χ2n) is 6.00. The third kappa shape index (κ3) is 3.80. The van der Waals surface area contributed by atoms with Crippen molar-refractivity contribution in [2.45, 2.75) is 13.1 Å². The van der Waals surface area contributed by atoms with Crippen LogP contribution in [0.15, 0.2) is 42.5 Å². The van der Waals surface area contributed by atoms with E-state index in [9.17, 15) is 14.0 Å². The number of carbonyl (C=O) groups excluding carboxylic acids is 2. The zero-order chi connectivity index (χ0) is 18.7. The summed E-state index contributed by atoms with van der Waals surface area (Å²) in [6, 6.07) is 11.7. The summed E-state index contributed by atoms with van der Waals surface area (Å²) in [7, 11) is 1.58. The van der Waals surface area contributed by atoms with E-state index in [2.05, 4.69) is 0 Å². The molecule has 0 radical (unpaired) electrons. The van der Waals surface area contributed by atoms with Crippen LogP contribution < -0.4 is 4.74 Å². The molecule has 3 rings (SSSR count). The molecule has 0 unspecified atom stereocenters. The monoisotopic (exact) mass is 376 g/mol. The van der Waals surface area contributed by atoms with E-state index in [-0.39, 0.29) is 17.1 Å². The highest BCUT2D eigenvalue weighted by molar-refractivity contribution is 6.35. The topological polar surface area (TPSA) is 49.9 Å². The number of carbonyl (C=O) groups is 2. The lowest BCUT2D eigenvalue weighted by Crippen LogP contribution is -2.53. The molecule has 0 atom stereocenters. The second-order valence-corrected chi connectivity index (χ2v) is 6.41. The van der Waals surface area contributed by atoms with Gasteiger partial charge in [0.25, 0.3) is 0 Å². The number of methoxy groups -OCH3 is 1. The van der Waals surface area contributed by atoms with Crippen molar-refractivity contribution in [3.8, 4) is 5.75 Å². The average molecular weight is 377 g/mol. The molecule has 1 fully saturated rings. The maximum Gasteiger partial charge on any atom is 0.312 e. The maximum absolute atomic E-state index is 13.9. The highest BCUT2D eigenvalue weighted by atomic mass is 35.5. The van der Waals surface area contributed by atoms with E-state index in [0.29, 0.717) is 19.6 Å². The summed E-state index contributed by atoms with van der Waals surface area (Å²) < 4.78 is 19.0. The molecule has 136 valence electrons. The Morgan fingerprint density at radius 2 is 1.62 bits per heavy atom. The Morgan fingerprint density at radius 1 is 1.00 bits per heavy atom. The van der Waals surface area contributed by atoms with E-state index < -0.39 is 17.6 Å². The summed E-state index contributed by atoms with van der Waals surface area (Å²) in [6.45, 7) is 1.02. The number of hydrogen-bond acceptors (Lipinski definition) is 3. The molecule has 1 saturated heterocycles. The summed E-state index contributed by atoms with van der Waals surface area (Å²) in [5.41, 5.74) is 1.12. The van der Waals surface area contributed by atoms with Crippen LogP contribution in [-0.2, 0) is 22.7 Å². The predicted molar refractivity (Wildman–Crippen MR) is 95.2 cm³/mol. The van der Waals surface area contributed by atoms with Crippen LogP contribution in [0.2, 0.25) is 5.02 Å². The third-order valence-electron chi connectivity index (χ3n) is 4.34. The van der Waals surface area contributed by atoms with Crippen molar-refractivity contribution in [3.05, 3.63) is 64.4 Å². The quantitative estimate of drug-likeness (QED) is 0.754. The largest absolute Gasteiger partial charge is 0.497 e. The predicted octanol–water partition coefficient (Wildman–Crippen LogP) is 2.86. The molecule has 0 N–H and O–H groups in total. The van der Waals surface area contributed by atoms with Crippen molar-refractivity contribution in [1.82, 2.24) is 9.80 Å². The van der Waals surface area contributed by atoms with Crippen molar-refractivity contribution in [2.24, 2.45) is 0 Å². The Balaban J connectivity index is 1.67. The van der Waals surface area contributed by atoms with E-state index >= 15 is 0 Å². The van der Waals surface area contributed by atoms with E-state index in [1.165, 1.54) is 21.9 Å². The van der Waals surface area contributed by atoms with Gasteiger partial charge in [0.1, 0.15) is 11.6 Å². The van der Waals surface area contributed by atoms with Gasteiger partial charge in [-0.05, 0) is 29.8 Å². The first-order valence-corrected chi connectivity index (χ1v) is 8.51. The van der Waals surface area contributed by atoms with Crippen LogP contribution >= 0.6 is 11.6 Å². The molecule has 1 aliphatic rings. The minimum absolute atomic E-state index is 0.0214. The Hall–Kier alpha value is -2.60. The molecule has 0 aromatic heterocycles. The minimum atomic E-state index is -0.649. The lowest BCUT2D eigenvalue weighted by Gasteiger charge is -2.34. The lowest BCUT2D eigenvalue weighted by molar-refractivity contribution is -0.156. The fraction of sp³-hybridized carbons (Fsp3) is 0.263. The molecule has 7 heteroatoms. The first-order chi connectivity index (χ1) is 12.5. The van der Waals surface area contributed by atoms with Crippen molar-refractivity contribution < 1.29 is 18.7 Å². The summed E-state index contributed by atoms with van der Waals surface area (Å²) >= 11 is 6.01. The van der Waals surface area contributed by atoms with E-state index in [0.717, 1.165) is 11.3 Å². The van der Waals surface area contributed by atoms with Crippen LogP contribution in [0.5, 0.6) is 5.75 Å². The Bertz CT molecular complexity index is 806. The van der Waals surface area contributed by atoms with Gasteiger partial charge < -0.3 is 14.5 Å². The molecule has 0 spiro atoms. The molecule has 0 aliphatic carbocycles. The number of halogens is 2. The first kappa shape index (κ1) is 18.2. The molecule has 5 nitrogen and oxygen atoms in total. The Kier molecular flexibility index (Phi) is 5.42. The average Bonchev–Trinajstić information content (AvgIpc) is 2.64. The van der Waals surface area contributed by atoms with Gasteiger partial charge in [0.05, 0.1) is 13.7 Å². The number of ether oxygens (including phenoxy) is 1. The van der Waals surface area contributed by atoms with Crippen LogP contribution in [0, 0.1) is 5.82 Å². The molecule has 2 aromatic rings. The van der Waals surface area contributed by atoms with Crippen LogP contribution in [-0.4, -0.2) is 41.8 Å². The van der Waals surface area contributed by atoms with Crippen LogP contribution in [0.4, 0.5) is 4.39 Å². The van der Waals surface area contributed by atoms with Gasteiger partial charge >= 0.3 is 11.8 Å². The lowest BCUT2D eigenvalue weighted by atomic mass is 10.1. The fourth-order valence-corrected chi connectivity index (χ4v) is 3.07. The molecule has 26 heavy (non-hydrogen) atoms. The number of hydrogen-bond donors (Lipinski definition) is 0. The van der Waals surface area contributed by atoms with Gasteiger partial charge in [-0.15, -0.1) is 0 Å². The number of piperazine rings is 1. The summed E-state index contributed by atoms with van der Waals surface area (Å²) in [6.07, 6.45) is 0. The highest BCUT2D eigenvalue weighted by Crippen LogP contribution is 2.22. The molecule has 0 bridgehead atoms. The first-order valence-electron chi connectivity index (χ1n) is 8.13.